The molecule has 8 aromatic carbocycles. The van der Waals surface area contributed by atoms with E-state index in [0.717, 1.165) is 39.0 Å². The zero-order valence-electron chi connectivity index (χ0n) is 28.9. The summed E-state index contributed by atoms with van der Waals surface area (Å²) in [6.45, 7) is 4.67. The normalized spacial score (nSPS) is 13.3. The average molecular weight is 684 g/mol. The molecule has 0 unspecified atom stereocenters. The zero-order chi connectivity index (χ0) is 34.6. The van der Waals surface area contributed by atoms with Crippen LogP contribution in [0.3, 0.4) is 0 Å². The van der Waals surface area contributed by atoms with Crippen LogP contribution in [0.2, 0.25) is 0 Å². The summed E-state index contributed by atoms with van der Waals surface area (Å²) in [5.41, 5.74) is 12.9. The van der Waals surface area contributed by atoms with Gasteiger partial charge < -0.3 is 9.32 Å². The maximum absolute atomic E-state index is 6.24. The highest BCUT2D eigenvalue weighted by Gasteiger charge is 2.35. The van der Waals surface area contributed by atoms with Crippen molar-refractivity contribution in [1.29, 1.82) is 0 Å². The third-order valence-corrected chi connectivity index (χ3v) is 12.4. The minimum atomic E-state index is -0.0479. The van der Waals surface area contributed by atoms with Crippen molar-refractivity contribution in [3.63, 3.8) is 0 Å². The van der Waals surface area contributed by atoms with Crippen molar-refractivity contribution < 1.29 is 4.42 Å². The van der Waals surface area contributed by atoms with Gasteiger partial charge in [0.15, 0.2) is 0 Å². The molecule has 0 fully saturated rings. The number of nitrogens with zero attached hydrogens (tertiary/aromatic N) is 1. The molecule has 0 bridgehead atoms. The van der Waals surface area contributed by atoms with Crippen LogP contribution in [0.4, 0.5) is 17.1 Å². The second-order valence-electron chi connectivity index (χ2n) is 14.5. The van der Waals surface area contributed by atoms with E-state index in [1.807, 2.05) is 23.5 Å². The van der Waals surface area contributed by atoms with Gasteiger partial charge in [0.05, 0.1) is 0 Å². The number of hydrogen-bond donors (Lipinski definition) is 0. The van der Waals surface area contributed by atoms with Gasteiger partial charge in [0.1, 0.15) is 11.2 Å². The lowest BCUT2D eigenvalue weighted by atomic mass is 9.82. The van der Waals surface area contributed by atoms with E-state index in [9.17, 15) is 0 Å². The number of benzene rings is 8. The summed E-state index contributed by atoms with van der Waals surface area (Å²) in [4.78, 5) is 2.39. The number of rotatable bonds is 4. The van der Waals surface area contributed by atoms with Crippen LogP contribution in [-0.2, 0) is 5.41 Å². The highest BCUT2D eigenvalue weighted by atomic mass is 32.1. The largest absolute Gasteiger partial charge is 0.456 e. The Balaban J connectivity index is 1.05. The van der Waals surface area contributed by atoms with Crippen LogP contribution >= 0.6 is 11.3 Å². The molecule has 0 aliphatic heterocycles. The molecule has 246 valence electrons. The molecule has 0 radical (unpaired) electrons. The number of hydrogen-bond acceptors (Lipinski definition) is 3. The molecule has 0 atom stereocenters. The number of furan rings is 1. The molecule has 11 rings (SSSR count). The van der Waals surface area contributed by atoms with Gasteiger partial charge >= 0.3 is 0 Å². The lowest BCUT2D eigenvalue weighted by Crippen LogP contribution is -2.15. The second kappa shape index (κ2) is 10.9. The van der Waals surface area contributed by atoms with E-state index in [2.05, 4.69) is 170 Å². The van der Waals surface area contributed by atoms with Gasteiger partial charge in [0, 0.05) is 53.4 Å². The standard InChI is InChI=1S/C49H33NOS/c1-49(2)42-12-6-3-9-37(42)40-28-34(21-24-43(40)49)50(35-22-25-45-41(29-35)38-10-4-7-13-44(38)51-45)33-19-15-30(16-20-33)31-17-23-36-32(27-31)18-26-47-48(36)39-11-5-8-14-46(39)52-47/h3-29H,1-2H3. The predicted octanol–water partition coefficient (Wildman–Crippen LogP) is 14.6. The van der Waals surface area contributed by atoms with Crippen molar-refractivity contribution in [2.45, 2.75) is 19.3 Å². The summed E-state index contributed by atoms with van der Waals surface area (Å²) in [7, 11) is 0. The molecule has 2 aromatic heterocycles. The Morgan fingerprint density at radius 1 is 0.462 bits per heavy atom. The van der Waals surface area contributed by atoms with Crippen LogP contribution in [0.1, 0.15) is 25.0 Å². The van der Waals surface area contributed by atoms with Crippen molar-refractivity contribution >= 4 is 81.3 Å². The Morgan fingerprint density at radius 3 is 2.06 bits per heavy atom. The summed E-state index contributed by atoms with van der Waals surface area (Å²) in [5.74, 6) is 0. The molecule has 0 amide bonds. The third kappa shape index (κ3) is 4.30. The predicted molar refractivity (Wildman–Crippen MR) is 222 cm³/mol. The molecular weight excluding hydrogens is 651 g/mol. The highest BCUT2D eigenvalue weighted by Crippen LogP contribution is 2.51. The number of para-hydroxylation sites is 1. The van der Waals surface area contributed by atoms with Gasteiger partial charge in [-0.15, -0.1) is 11.3 Å². The van der Waals surface area contributed by atoms with Crippen LogP contribution in [0.5, 0.6) is 0 Å². The van der Waals surface area contributed by atoms with E-state index in [0.29, 0.717) is 0 Å². The van der Waals surface area contributed by atoms with Crippen LogP contribution in [0.25, 0.3) is 75.1 Å². The van der Waals surface area contributed by atoms with Crippen LogP contribution in [-0.4, -0.2) is 0 Å². The summed E-state index contributed by atoms with van der Waals surface area (Å²) >= 11 is 1.87. The first-order valence-corrected chi connectivity index (χ1v) is 18.7. The quantitative estimate of drug-likeness (QED) is 0.184. The Kier molecular flexibility index (Phi) is 6.21. The van der Waals surface area contributed by atoms with E-state index >= 15 is 0 Å². The Bertz CT molecular complexity index is 3050. The molecule has 52 heavy (non-hydrogen) atoms. The lowest BCUT2D eigenvalue weighted by Gasteiger charge is -2.27. The first-order valence-electron chi connectivity index (χ1n) is 17.9. The van der Waals surface area contributed by atoms with Crippen molar-refractivity contribution in [1.82, 2.24) is 0 Å². The van der Waals surface area contributed by atoms with Gasteiger partial charge in [0.2, 0.25) is 0 Å². The van der Waals surface area contributed by atoms with Gasteiger partial charge in [-0.2, -0.15) is 0 Å². The molecule has 1 aliphatic carbocycles. The monoisotopic (exact) mass is 683 g/mol. The van der Waals surface area contributed by atoms with Crippen LogP contribution < -0.4 is 4.90 Å². The molecule has 0 N–H and O–H groups in total. The fourth-order valence-electron chi connectivity index (χ4n) is 8.68. The van der Waals surface area contributed by atoms with Gasteiger partial charge in [-0.3, -0.25) is 0 Å². The van der Waals surface area contributed by atoms with E-state index < -0.39 is 0 Å². The van der Waals surface area contributed by atoms with Crippen molar-refractivity contribution in [3.05, 3.63) is 175 Å². The van der Waals surface area contributed by atoms with Gasteiger partial charge in [-0.25, -0.2) is 0 Å². The number of fused-ring (bicyclic) bond motifs is 11. The summed E-state index contributed by atoms with van der Waals surface area (Å²) in [6.07, 6.45) is 0. The third-order valence-electron chi connectivity index (χ3n) is 11.3. The zero-order valence-corrected chi connectivity index (χ0v) is 29.7. The van der Waals surface area contributed by atoms with Gasteiger partial charge in [-0.1, -0.05) is 111 Å². The molecule has 0 spiro atoms. The highest BCUT2D eigenvalue weighted by molar-refractivity contribution is 7.26. The molecule has 0 saturated carbocycles. The lowest BCUT2D eigenvalue weighted by molar-refractivity contribution is 0.660. The Hall–Kier alpha value is -6.16. The van der Waals surface area contributed by atoms with Gasteiger partial charge in [-0.05, 0) is 111 Å². The molecule has 2 heterocycles. The van der Waals surface area contributed by atoms with Crippen LogP contribution in [0, 0.1) is 0 Å². The molecule has 0 saturated heterocycles. The molecule has 2 nitrogen and oxygen atoms in total. The maximum atomic E-state index is 6.24. The van der Waals surface area contributed by atoms with Crippen LogP contribution in [0.15, 0.2) is 168 Å². The van der Waals surface area contributed by atoms with Crippen molar-refractivity contribution in [2.24, 2.45) is 0 Å². The SMILES string of the molecule is CC1(C)c2ccccc2-c2cc(N(c3ccc(-c4ccc5c(ccc6sc7ccccc7c65)c4)cc3)c3ccc4oc5ccccc5c4c3)ccc21. The van der Waals surface area contributed by atoms with Gasteiger partial charge in [0.25, 0.3) is 0 Å². The average Bonchev–Trinajstić information content (AvgIpc) is 3.83. The fraction of sp³-hybridized carbons (Fsp3) is 0.0612. The van der Waals surface area contributed by atoms with E-state index in [1.54, 1.807) is 0 Å². The Morgan fingerprint density at radius 2 is 1.15 bits per heavy atom. The van der Waals surface area contributed by atoms with E-state index in [-0.39, 0.29) is 5.41 Å². The first-order chi connectivity index (χ1) is 25.5. The summed E-state index contributed by atoms with van der Waals surface area (Å²) in [6, 6.07) is 60.0. The second-order valence-corrected chi connectivity index (χ2v) is 15.6. The maximum Gasteiger partial charge on any atom is 0.135 e. The van der Waals surface area contributed by atoms with E-state index in [1.165, 1.54) is 64.3 Å². The van der Waals surface area contributed by atoms with Crippen molar-refractivity contribution in [3.8, 4) is 22.3 Å². The molecule has 10 aromatic rings. The first kappa shape index (κ1) is 29.6. The minimum absolute atomic E-state index is 0.0479. The smallest absolute Gasteiger partial charge is 0.135 e. The molecular formula is C49H33NOS. The number of thiophene rings is 1. The topological polar surface area (TPSA) is 16.4 Å². The minimum Gasteiger partial charge on any atom is -0.456 e. The van der Waals surface area contributed by atoms with E-state index in [4.69, 9.17) is 4.42 Å². The summed E-state index contributed by atoms with van der Waals surface area (Å²) < 4.78 is 8.92. The van der Waals surface area contributed by atoms with Crippen molar-refractivity contribution in [2.75, 3.05) is 4.90 Å². The Labute approximate surface area is 305 Å². The molecule has 1 aliphatic rings. The number of anilines is 3. The fourth-order valence-corrected chi connectivity index (χ4v) is 9.81. The summed E-state index contributed by atoms with van der Waals surface area (Å²) in [5, 5.41) is 7.52. The molecule has 3 heteroatoms.